The second-order valence-corrected chi connectivity index (χ2v) is 7.19. The highest BCUT2D eigenvalue weighted by Crippen LogP contribution is 2.17. The first-order chi connectivity index (χ1) is 9.23. The molecule has 0 aromatic heterocycles. The minimum Gasteiger partial charge on any atom is -0.444 e. The minimum absolute atomic E-state index is 0.179. The van der Waals surface area contributed by atoms with Crippen LogP contribution in [0.1, 0.15) is 60.8 Å². The van der Waals surface area contributed by atoms with Gasteiger partial charge in [-0.2, -0.15) is 0 Å². The molecule has 1 heterocycles. The Hall–Kier alpha value is -0.770. The number of carbonyl (C=O) groups excluding carboxylic acids is 1. The third-order valence-electron chi connectivity index (χ3n) is 3.77. The molecule has 1 N–H and O–H groups in total. The fourth-order valence-corrected chi connectivity index (χ4v) is 2.69. The minimum atomic E-state index is -0.415. The number of nitrogens with zero attached hydrogens (tertiary/aromatic N) is 1. The molecule has 0 saturated carbocycles. The van der Waals surface area contributed by atoms with E-state index >= 15 is 0 Å². The van der Waals surface area contributed by atoms with E-state index in [9.17, 15) is 4.79 Å². The summed E-state index contributed by atoms with van der Waals surface area (Å²) in [6.45, 7) is 14.0. The lowest BCUT2D eigenvalue weighted by Gasteiger charge is -2.36. The molecule has 1 rings (SSSR count). The maximum atomic E-state index is 12.1. The van der Waals surface area contributed by atoms with Gasteiger partial charge in [0.05, 0.1) is 0 Å². The molecule has 118 valence electrons. The average Bonchev–Trinajstić information content (AvgIpc) is 2.34. The molecule has 0 aromatic carbocycles. The number of hydrogen-bond donors (Lipinski definition) is 1. The lowest BCUT2D eigenvalue weighted by Crippen LogP contribution is -2.52. The fourth-order valence-electron chi connectivity index (χ4n) is 2.69. The van der Waals surface area contributed by atoms with Gasteiger partial charge in [0.1, 0.15) is 5.60 Å². The zero-order valence-corrected chi connectivity index (χ0v) is 14.0. The quantitative estimate of drug-likeness (QED) is 0.860. The van der Waals surface area contributed by atoms with Crippen LogP contribution in [0, 0.1) is 5.92 Å². The van der Waals surface area contributed by atoms with Crippen LogP contribution in [0.5, 0.6) is 0 Å². The number of nitrogens with one attached hydrogen (secondary N) is 1. The van der Waals surface area contributed by atoms with Gasteiger partial charge < -0.3 is 15.0 Å². The number of amides is 1. The van der Waals surface area contributed by atoms with Gasteiger partial charge in [-0.3, -0.25) is 0 Å². The predicted molar refractivity (Wildman–Crippen MR) is 82.9 cm³/mol. The van der Waals surface area contributed by atoms with Crippen molar-refractivity contribution in [2.24, 2.45) is 5.92 Å². The average molecular weight is 284 g/mol. The van der Waals surface area contributed by atoms with E-state index in [1.807, 2.05) is 25.7 Å². The highest BCUT2D eigenvalue weighted by molar-refractivity contribution is 5.68. The molecule has 4 heteroatoms. The van der Waals surface area contributed by atoms with Gasteiger partial charge in [-0.15, -0.1) is 0 Å². The van der Waals surface area contributed by atoms with Crippen LogP contribution in [-0.2, 0) is 4.74 Å². The van der Waals surface area contributed by atoms with Gasteiger partial charge in [0, 0.05) is 25.2 Å². The summed E-state index contributed by atoms with van der Waals surface area (Å²) in [5.74, 6) is 0.622. The zero-order chi connectivity index (χ0) is 15.3. The van der Waals surface area contributed by atoms with E-state index in [-0.39, 0.29) is 6.09 Å². The van der Waals surface area contributed by atoms with Gasteiger partial charge in [0.15, 0.2) is 0 Å². The van der Waals surface area contributed by atoms with Crippen LogP contribution in [0.15, 0.2) is 0 Å². The van der Waals surface area contributed by atoms with E-state index in [2.05, 4.69) is 26.1 Å². The van der Waals surface area contributed by atoms with E-state index in [4.69, 9.17) is 4.74 Å². The van der Waals surface area contributed by atoms with Crippen LogP contribution in [0.25, 0.3) is 0 Å². The number of piperidine rings is 1. The SMILES string of the molecule is CCC(NC1CCCN(C(=O)OC(C)(C)C)C1)C(C)C. The van der Waals surface area contributed by atoms with Crippen molar-refractivity contribution in [2.45, 2.75) is 78.5 Å². The summed E-state index contributed by atoms with van der Waals surface area (Å²) in [6.07, 6.45) is 3.13. The van der Waals surface area contributed by atoms with Crippen molar-refractivity contribution in [3.63, 3.8) is 0 Å². The molecule has 20 heavy (non-hydrogen) atoms. The number of rotatable bonds is 4. The highest BCUT2D eigenvalue weighted by atomic mass is 16.6. The van der Waals surface area contributed by atoms with Crippen molar-refractivity contribution in [1.29, 1.82) is 0 Å². The zero-order valence-electron chi connectivity index (χ0n) is 14.0. The van der Waals surface area contributed by atoms with E-state index in [1.165, 1.54) is 0 Å². The first-order valence-corrected chi connectivity index (χ1v) is 7.97. The number of hydrogen-bond acceptors (Lipinski definition) is 3. The Morgan fingerprint density at radius 2 is 2.05 bits per heavy atom. The van der Waals surface area contributed by atoms with Crippen LogP contribution in [-0.4, -0.2) is 41.8 Å². The van der Waals surface area contributed by atoms with Crippen LogP contribution >= 0.6 is 0 Å². The van der Waals surface area contributed by atoms with E-state index in [0.29, 0.717) is 18.0 Å². The van der Waals surface area contributed by atoms with Gasteiger partial charge in [0.2, 0.25) is 0 Å². The van der Waals surface area contributed by atoms with Gasteiger partial charge in [-0.1, -0.05) is 20.8 Å². The molecular formula is C16H32N2O2. The molecule has 4 nitrogen and oxygen atoms in total. The van der Waals surface area contributed by atoms with E-state index < -0.39 is 5.60 Å². The van der Waals surface area contributed by atoms with Gasteiger partial charge in [0.25, 0.3) is 0 Å². The fraction of sp³-hybridized carbons (Fsp3) is 0.938. The van der Waals surface area contributed by atoms with Crippen LogP contribution in [0.2, 0.25) is 0 Å². The molecule has 1 fully saturated rings. The number of likely N-dealkylation sites (tertiary alicyclic amines) is 1. The molecule has 2 atom stereocenters. The molecule has 1 saturated heterocycles. The summed E-state index contributed by atoms with van der Waals surface area (Å²) in [5.41, 5.74) is -0.415. The van der Waals surface area contributed by atoms with E-state index in [0.717, 1.165) is 32.4 Å². The van der Waals surface area contributed by atoms with Crippen LogP contribution in [0.4, 0.5) is 4.79 Å². The molecule has 0 aliphatic carbocycles. The largest absolute Gasteiger partial charge is 0.444 e. The van der Waals surface area contributed by atoms with Crippen LogP contribution in [0.3, 0.4) is 0 Å². The molecule has 1 aliphatic rings. The number of carbonyl (C=O) groups is 1. The Balaban J connectivity index is 2.52. The van der Waals surface area contributed by atoms with E-state index in [1.54, 1.807) is 0 Å². The summed E-state index contributed by atoms with van der Waals surface area (Å²) in [7, 11) is 0. The van der Waals surface area contributed by atoms with Crippen LogP contribution < -0.4 is 5.32 Å². The molecular weight excluding hydrogens is 252 g/mol. The van der Waals surface area contributed by atoms with Crippen molar-refractivity contribution in [3.8, 4) is 0 Å². The first kappa shape index (κ1) is 17.3. The summed E-state index contributed by atoms with van der Waals surface area (Å²) in [6, 6.07) is 0.919. The molecule has 2 unspecified atom stereocenters. The van der Waals surface area contributed by atoms with Gasteiger partial charge in [-0.05, 0) is 46.0 Å². The summed E-state index contributed by atoms with van der Waals surface area (Å²) in [4.78, 5) is 14.0. The predicted octanol–water partition coefficient (Wildman–Crippen LogP) is 3.41. The standard InChI is InChI=1S/C16H32N2O2/c1-7-14(12(2)3)17-13-9-8-10-18(11-13)15(19)20-16(4,5)6/h12-14,17H,7-11H2,1-6H3. The normalized spacial score (nSPS) is 21.9. The highest BCUT2D eigenvalue weighted by Gasteiger charge is 2.28. The number of ether oxygens (including phenoxy) is 1. The first-order valence-electron chi connectivity index (χ1n) is 7.97. The molecule has 0 aromatic rings. The lowest BCUT2D eigenvalue weighted by molar-refractivity contribution is 0.0180. The van der Waals surface area contributed by atoms with Crippen molar-refractivity contribution < 1.29 is 9.53 Å². The topological polar surface area (TPSA) is 41.6 Å². The Morgan fingerprint density at radius 3 is 2.55 bits per heavy atom. The Kier molecular flexibility index (Phi) is 6.31. The Labute approximate surface area is 124 Å². The smallest absolute Gasteiger partial charge is 0.410 e. The summed E-state index contributed by atoms with van der Waals surface area (Å²) in [5, 5.41) is 3.70. The summed E-state index contributed by atoms with van der Waals surface area (Å²) >= 11 is 0. The molecule has 0 spiro atoms. The molecule has 0 bridgehead atoms. The van der Waals surface area contributed by atoms with Gasteiger partial charge in [-0.25, -0.2) is 4.79 Å². The van der Waals surface area contributed by atoms with Crippen molar-refractivity contribution >= 4 is 6.09 Å². The Bertz CT molecular complexity index is 310. The van der Waals surface area contributed by atoms with Crippen molar-refractivity contribution in [1.82, 2.24) is 10.2 Å². The third-order valence-corrected chi connectivity index (χ3v) is 3.77. The molecule has 1 amide bonds. The van der Waals surface area contributed by atoms with Crippen molar-refractivity contribution in [3.05, 3.63) is 0 Å². The molecule has 0 radical (unpaired) electrons. The maximum absolute atomic E-state index is 12.1. The molecule has 1 aliphatic heterocycles. The Morgan fingerprint density at radius 1 is 1.40 bits per heavy atom. The second kappa shape index (κ2) is 7.30. The summed E-state index contributed by atoms with van der Waals surface area (Å²) < 4.78 is 5.46. The van der Waals surface area contributed by atoms with Gasteiger partial charge >= 0.3 is 6.09 Å². The van der Waals surface area contributed by atoms with Crippen molar-refractivity contribution in [2.75, 3.05) is 13.1 Å². The second-order valence-electron chi connectivity index (χ2n) is 7.19. The third kappa shape index (κ3) is 5.70. The monoisotopic (exact) mass is 284 g/mol. The lowest BCUT2D eigenvalue weighted by atomic mass is 9.98. The maximum Gasteiger partial charge on any atom is 0.410 e.